The second kappa shape index (κ2) is 5.96. The van der Waals surface area contributed by atoms with E-state index in [0.717, 1.165) is 30.4 Å². The average Bonchev–Trinajstić information content (AvgIpc) is 2.37. The Balaban J connectivity index is 2.35. The second-order valence-electron chi connectivity index (χ2n) is 4.30. The van der Waals surface area contributed by atoms with Crippen LogP contribution in [0.5, 0.6) is 0 Å². The Kier molecular flexibility index (Phi) is 4.31. The van der Waals surface area contributed by atoms with E-state index in [4.69, 9.17) is 0 Å². The third kappa shape index (κ3) is 3.29. The number of halogens is 1. The number of alkyl halides is 1. The van der Waals surface area contributed by atoms with E-state index in [2.05, 4.69) is 15.9 Å². The van der Waals surface area contributed by atoms with Crippen molar-refractivity contribution >= 4 is 22.0 Å². The molecule has 1 aliphatic rings. The predicted octanol–water partition coefficient (Wildman–Crippen LogP) is 4.18. The highest BCUT2D eigenvalue weighted by Crippen LogP contribution is 2.29. The maximum atomic E-state index is 11.2. The van der Waals surface area contributed by atoms with E-state index in [9.17, 15) is 10.1 Å². The number of hydrogen-bond donors (Lipinski definition) is 0. The summed E-state index contributed by atoms with van der Waals surface area (Å²) in [5.41, 5.74) is 1.91. The lowest BCUT2D eigenvalue weighted by molar-refractivity contribution is -0.419. The maximum absolute atomic E-state index is 11.2. The van der Waals surface area contributed by atoms with Gasteiger partial charge in [0, 0.05) is 16.5 Å². The van der Waals surface area contributed by atoms with Gasteiger partial charge in [-0.3, -0.25) is 10.1 Å². The SMILES string of the molecule is O=[N+]([O-])/C(=C/c1ccccc1)C1=CC(Br)CCC1. The van der Waals surface area contributed by atoms with E-state index in [0.29, 0.717) is 0 Å². The van der Waals surface area contributed by atoms with Gasteiger partial charge in [0.05, 0.1) is 4.92 Å². The molecule has 18 heavy (non-hydrogen) atoms. The van der Waals surface area contributed by atoms with Crippen molar-refractivity contribution in [1.29, 1.82) is 0 Å². The molecule has 0 heterocycles. The van der Waals surface area contributed by atoms with Gasteiger partial charge in [-0.25, -0.2) is 0 Å². The van der Waals surface area contributed by atoms with E-state index in [1.54, 1.807) is 6.08 Å². The van der Waals surface area contributed by atoms with Gasteiger partial charge in [0.2, 0.25) is 0 Å². The number of nitro groups is 1. The first-order valence-corrected chi connectivity index (χ1v) is 6.84. The van der Waals surface area contributed by atoms with Crippen LogP contribution in [0, 0.1) is 10.1 Å². The van der Waals surface area contributed by atoms with Gasteiger partial charge in [0.15, 0.2) is 0 Å². The zero-order valence-electron chi connectivity index (χ0n) is 9.88. The molecule has 0 bridgehead atoms. The molecule has 0 saturated heterocycles. The van der Waals surface area contributed by atoms with Crippen LogP contribution >= 0.6 is 15.9 Å². The summed E-state index contributed by atoms with van der Waals surface area (Å²) < 4.78 is 0. The lowest BCUT2D eigenvalue weighted by Gasteiger charge is -2.14. The van der Waals surface area contributed by atoms with Gasteiger partial charge in [-0.2, -0.15) is 0 Å². The lowest BCUT2D eigenvalue weighted by Crippen LogP contribution is -2.09. The molecule has 4 heteroatoms. The van der Waals surface area contributed by atoms with Gasteiger partial charge >= 0.3 is 0 Å². The lowest BCUT2D eigenvalue weighted by atomic mass is 9.96. The Bertz CT molecular complexity index is 494. The molecule has 0 aliphatic heterocycles. The van der Waals surface area contributed by atoms with Crippen LogP contribution in [0.4, 0.5) is 0 Å². The van der Waals surface area contributed by atoms with Crippen LogP contribution in [0.25, 0.3) is 6.08 Å². The van der Waals surface area contributed by atoms with Gasteiger partial charge < -0.3 is 0 Å². The fourth-order valence-electron chi connectivity index (χ4n) is 2.06. The molecule has 0 aromatic heterocycles. The topological polar surface area (TPSA) is 43.1 Å². The molecular formula is C14H14BrNO2. The molecule has 0 saturated carbocycles. The molecular weight excluding hydrogens is 294 g/mol. The Hall–Kier alpha value is -1.42. The van der Waals surface area contributed by atoms with Gasteiger partial charge in [0.1, 0.15) is 0 Å². The van der Waals surface area contributed by atoms with Gasteiger partial charge in [-0.05, 0) is 24.8 Å². The summed E-state index contributed by atoms with van der Waals surface area (Å²) >= 11 is 3.51. The van der Waals surface area contributed by atoms with Gasteiger partial charge in [0.25, 0.3) is 5.70 Å². The molecule has 0 radical (unpaired) electrons. The second-order valence-corrected chi connectivity index (χ2v) is 5.47. The van der Waals surface area contributed by atoms with Crippen molar-refractivity contribution < 1.29 is 4.92 Å². The van der Waals surface area contributed by atoms with Crippen LogP contribution in [0.1, 0.15) is 24.8 Å². The van der Waals surface area contributed by atoms with Crippen molar-refractivity contribution in [3.05, 3.63) is 63.4 Å². The third-order valence-corrected chi connectivity index (χ3v) is 3.66. The molecule has 0 spiro atoms. The van der Waals surface area contributed by atoms with E-state index in [-0.39, 0.29) is 15.4 Å². The van der Waals surface area contributed by atoms with E-state index >= 15 is 0 Å². The first kappa shape index (κ1) is 13.0. The summed E-state index contributed by atoms with van der Waals surface area (Å²) in [6.07, 6.45) is 6.42. The predicted molar refractivity (Wildman–Crippen MR) is 76.1 cm³/mol. The van der Waals surface area contributed by atoms with Crippen molar-refractivity contribution in [2.45, 2.75) is 24.1 Å². The van der Waals surface area contributed by atoms with Crippen LogP contribution in [-0.2, 0) is 0 Å². The Morgan fingerprint density at radius 3 is 2.72 bits per heavy atom. The smallest absolute Gasteiger partial charge is 0.258 e. The number of nitrogens with zero attached hydrogens (tertiary/aromatic N) is 1. The van der Waals surface area contributed by atoms with Crippen molar-refractivity contribution in [3.8, 4) is 0 Å². The summed E-state index contributed by atoms with van der Waals surface area (Å²) in [6, 6.07) is 9.41. The largest absolute Gasteiger partial charge is 0.272 e. The van der Waals surface area contributed by atoms with Crippen LogP contribution in [0.3, 0.4) is 0 Å². The molecule has 1 aromatic carbocycles. The Morgan fingerprint density at radius 2 is 2.11 bits per heavy atom. The number of allylic oxidation sites excluding steroid dienone is 2. The standard InChI is InChI=1S/C14H14BrNO2/c15-13-8-4-7-12(10-13)14(16(17)18)9-11-5-2-1-3-6-11/h1-3,5-6,9-10,13H,4,7-8H2/b14-9+. The summed E-state index contributed by atoms with van der Waals surface area (Å²) in [5.74, 6) is 0. The Morgan fingerprint density at radius 1 is 1.39 bits per heavy atom. The number of benzene rings is 1. The number of rotatable bonds is 3. The first-order valence-electron chi connectivity index (χ1n) is 5.93. The van der Waals surface area contributed by atoms with Crippen molar-refractivity contribution in [2.75, 3.05) is 0 Å². The zero-order valence-corrected chi connectivity index (χ0v) is 11.5. The fraction of sp³-hybridized carbons (Fsp3) is 0.286. The molecule has 2 rings (SSSR count). The van der Waals surface area contributed by atoms with Gasteiger partial charge in [-0.15, -0.1) is 0 Å². The Labute approximate surface area is 114 Å². The molecule has 0 amide bonds. The maximum Gasteiger partial charge on any atom is 0.272 e. The van der Waals surface area contributed by atoms with Gasteiger partial charge in [-0.1, -0.05) is 52.3 Å². The van der Waals surface area contributed by atoms with E-state index < -0.39 is 0 Å². The summed E-state index contributed by atoms with van der Waals surface area (Å²) in [7, 11) is 0. The van der Waals surface area contributed by atoms with Crippen molar-refractivity contribution in [2.24, 2.45) is 0 Å². The highest BCUT2D eigenvalue weighted by molar-refractivity contribution is 9.09. The quantitative estimate of drug-likeness (QED) is 0.477. The average molecular weight is 308 g/mol. The van der Waals surface area contributed by atoms with Crippen LogP contribution in [0.15, 0.2) is 47.7 Å². The third-order valence-electron chi connectivity index (χ3n) is 2.94. The normalized spacial score (nSPS) is 20.4. The molecule has 0 N–H and O–H groups in total. The molecule has 94 valence electrons. The van der Waals surface area contributed by atoms with Crippen LogP contribution < -0.4 is 0 Å². The minimum atomic E-state index is -0.288. The molecule has 1 aromatic rings. The summed E-state index contributed by atoms with van der Waals surface area (Å²) in [4.78, 5) is 11.2. The number of hydrogen-bond acceptors (Lipinski definition) is 2. The van der Waals surface area contributed by atoms with Crippen LogP contribution in [0.2, 0.25) is 0 Å². The molecule has 3 nitrogen and oxygen atoms in total. The highest BCUT2D eigenvalue weighted by atomic mass is 79.9. The fourth-order valence-corrected chi connectivity index (χ4v) is 2.70. The minimum absolute atomic E-state index is 0.213. The zero-order chi connectivity index (χ0) is 13.0. The molecule has 0 fully saturated rings. The van der Waals surface area contributed by atoms with E-state index in [1.165, 1.54) is 0 Å². The van der Waals surface area contributed by atoms with E-state index in [1.807, 2.05) is 36.4 Å². The summed E-state index contributed by atoms with van der Waals surface area (Å²) in [6.45, 7) is 0. The van der Waals surface area contributed by atoms with Crippen LogP contribution in [-0.4, -0.2) is 9.75 Å². The minimum Gasteiger partial charge on any atom is -0.258 e. The molecule has 1 aliphatic carbocycles. The van der Waals surface area contributed by atoms with Crippen molar-refractivity contribution in [1.82, 2.24) is 0 Å². The first-order chi connectivity index (χ1) is 8.66. The van der Waals surface area contributed by atoms with Crippen molar-refractivity contribution in [3.63, 3.8) is 0 Å². The molecule has 1 atom stereocenters. The monoisotopic (exact) mass is 307 g/mol. The highest BCUT2D eigenvalue weighted by Gasteiger charge is 2.21. The summed E-state index contributed by atoms with van der Waals surface area (Å²) in [5, 5.41) is 11.2. The molecule has 1 unspecified atom stereocenters.